The highest BCUT2D eigenvalue weighted by Gasteiger charge is 2.20. The maximum absolute atomic E-state index is 12.4. The van der Waals surface area contributed by atoms with Crippen LogP contribution in [0.15, 0.2) is 47.1 Å². The smallest absolute Gasteiger partial charge is 0.225 e. The average molecular weight is 335 g/mol. The lowest BCUT2D eigenvalue weighted by Crippen LogP contribution is -2.33. The van der Waals surface area contributed by atoms with E-state index in [0.717, 1.165) is 5.56 Å². The molecule has 0 aliphatic heterocycles. The number of carbonyl (C=O) groups is 2. The first-order valence-corrected chi connectivity index (χ1v) is 7.62. The van der Waals surface area contributed by atoms with Gasteiger partial charge < -0.3 is 14.6 Å². The number of rotatable bonds is 6. The van der Waals surface area contributed by atoms with Crippen LogP contribution < -0.4 is 5.32 Å². The summed E-state index contributed by atoms with van der Waals surface area (Å²) in [5.74, 6) is 0.435. The maximum Gasteiger partial charge on any atom is 0.225 e. The van der Waals surface area contributed by atoms with Gasteiger partial charge in [0.2, 0.25) is 11.8 Å². The highest BCUT2D eigenvalue weighted by atomic mass is 35.5. The van der Waals surface area contributed by atoms with Gasteiger partial charge in [-0.3, -0.25) is 9.59 Å². The van der Waals surface area contributed by atoms with Gasteiger partial charge in [-0.05, 0) is 29.8 Å². The fourth-order valence-electron chi connectivity index (χ4n) is 2.25. The molecule has 0 aliphatic rings. The van der Waals surface area contributed by atoms with Crippen LogP contribution in [0.4, 0.5) is 0 Å². The van der Waals surface area contributed by atoms with Gasteiger partial charge in [-0.1, -0.05) is 23.7 Å². The van der Waals surface area contributed by atoms with Crippen LogP contribution in [-0.2, 0) is 16.1 Å². The summed E-state index contributed by atoms with van der Waals surface area (Å²) >= 11 is 5.88. The SMILES string of the molecule is CC(=O)N[C@H](CC(=O)N(C)Cc1ccco1)c1ccc(Cl)cc1. The molecule has 0 bridgehead atoms. The van der Waals surface area contributed by atoms with E-state index in [0.29, 0.717) is 17.3 Å². The van der Waals surface area contributed by atoms with E-state index in [1.807, 2.05) is 18.2 Å². The zero-order chi connectivity index (χ0) is 16.8. The van der Waals surface area contributed by atoms with Crippen molar-refractivity contribution in [2.45, 2.75) is 25.9 Å². The molecule has 5 nitrogen and oxygen atoms in total. The van der Waals surface area contributed by atoms with Gasteiger partial charge in [0.1, 0.15) is 5.76 Å². The van der Waals surface area contributed by atoms with Crippen molar-refractivity contribution in [1.82, 2.24) is 10.2 Å². The number of hydrogen-bond acceptors (Lipinski definition) is 3. The summed E-state index contributed by atoms with van der Waals surface area (Å²) in [4.78, 5) is 25.4. The van der Waals surface area contributed by atoms with Crippen molar-refractivity contribution in [2.75, 3.05) is 7.05 Å². The second-order valence-electron chi connectivity index (χ2n) is 5.34. The lowest BCUT2D eigenvalue weighted by Gasteiger charge is -2.22. The summed E-state index contributed by atoms with van der Waals surface area (Å²) in [5, 5.41) is 3.42. The molecule has 1 aromatic heterocycles. The molecule has 0 saturated carbocycles. The van der Waals surface area contributed by atoms with Crippen LogP contribution in [0.3, 0.4) is 0 Å². The summed E-state index contributed by atoms with van der Waals surface area (Å²) in [5.41, 5.74) is 0.837. The van der Waals surface area contributed by atoms with Crippen molar-refractivity contribution in [3.63, 3.8) is 0 Å². The molecule has 0 unspecified atom stereocenters. The number of carbonyl (C=O) groups excluding carboxylic acids is 2. The molecule has 1 aromatic carbocycles. The van der Waals surface area contributed by atoms with Gasteiger partial charge in [0, 0.05) is 19.0 Å². The Labute approximate surface area is 140 Å². The zero-order valence-electron chi connectivity index (χ0n) is 13.1. The molecule has 2 rings (SSSR count). The van der Waals surface area contributed by atoms with E-state index in [9.17, 15) is 9.59 Å². The third-order valence-electron chi connectivity index (χ3n) is 3.43. The van der Waals surface area contributed by atoms with E-state index in [2.05, 4.69) is 5.32 Å². The van der Waals surface area contributed by atoms with Crippen LogP contribution in [0.5, 0.6) is 0 Å². The Morgan fingerprint density at radius 3 is 2.52 bits per heavy atom. The van der Waals surface area contributed by atoms with E-state index in [-0.39, 0.29) is 18.2 Å². The van der Waals surface area contributed by atoms with Gasteiger partial charge in [0.25, 0.3) is 0 Å². The van der Waals surface area contributed by atoms with Gasteiger partial charge in [0.05, 0.1) is 25.3 Å². The number of halogens is 1. The van der Waals surface area contributed by atoms with Gasteiger partial charge in [0.15, 0.2) is 0 Å². The number of nitrogens with zero attached hydrogens (tertiary/aromatic N) is 1. The number of benzene rings is 1. The van der Waals surface area contributed by atoms with E-state index >= 15 is 0 Å². The molecule has 0 aliphatic carbocycles. The van der Waals surface area contributed by atoms with E-state index in [1.165, 1.54) is 6.92 Å². The van der Waals surface area contributed by atoms with Crippen LogP contribution in [0, 0.1) is 0 Å². The average Bonchev–Trinajstić information content (AvgIpc) is 2.99. The summed E-state index contributed by atoms with van der Waals surface area (Å²) < 4.78 is 5.24. The van der Waals surface area contributed by atoms with Crippen molar-refractivity contribution >= 4 is 23.4 Å². The van der Waals surface area contributed by atoms with Crippen LogP contribution in [0.2, 0.25) is 5.02 Å². The molecule has 1 atom stereocenters. The molecule has 23 heavy (non-hydrogen) atoms. The largest absolute Gasteiger partial charge is 0.467 e. The topological polar surface area (TPSA) is 62.6 Å². The molecule has 0 spiro atoms. The molecule has 6 heteroatoms. The Hall–Kier alpha value is -2.27. The van der Waals surface area contributed by atoms with Gasteiger partial charge in [-0.15, -0.1) is 0 Å². The lowest BCUT2D eigenvalue weighted by molar-refractivity contribution is -0.131. The second kappa shape index (κ2) is 7.83. The van der Waals surface area contributed by atoms with E-state index < -0.39 is 6.04 Å². The summed E-state index contributed by atoms with van der Waals surface area (Å²) in [6.07, 6.45) is 1.74. The third-order valence-corrected chi connectivity index (χ3v) is 3.68. The third kappa shape index (κ3) is 5.14. The molecule has 1 N–H and O–H groups in total. The van der Waals surface area contributed by atoms with Crippen LogP contribution in [0.1, 0.15) is 30.7 Å². The lowest BCUT2D eigenvalue weighted by atomic mass is 10.0. The monoisotopic (exact) mass is 334 g/mol. The Morgan fingerprint density at radius 1 is 1.26 bits per heavy atom. The molecule has 2 aromatic rings. The van der Waals surface area contributed by atoms with Crippen molar-refractivity contribution in [3.8, 4) is 0 Å². The van der Waals surface area contributed by atoms with Crippen molar-refractivity contribution in [2.24, 2.45) is 0 Å². The first kappa shape index (κ1) is 17.1. The van der Waals surface area contributed by atoms with Crippen molar-refractivity contribution in [1.29, 1.82) is 0 Å². The highest BCUT2D eigenvalue weighted by Crippen LogP contribution is 2.20. The molecule has 0 fully saturated rings. The quantitative estimate of drug-likeness (QED) is 0.882. The van der Waals surface area contributed by atoms with Crippen LogP contribution in [-0.4, -0.2) is 23.8 Å². The summed E-state index contributed by atoms with van der Waals surface area (Å²) in [6, 6.07) is 10.3. The van der Waals surface area contributed by atoms with E-state index in [4.69, 9.17) is 16.0 Å². The standard InChI is InChI=1S/C17H19ClN2O3/c1-12(21)19-16(13-5-7-14(18)8-6-13)10-17(22)20(2)11-15-4-3-9-23-15/h3-9,16H,10-11H2,1-2H3,(H,19,21)/t16-/m1/s1. The highest BCUT2D eigenvalue weighted by molar-refractivity contribution is 6.30. The number of furan rings is 1. The summed E-state index contributed by atoms with van der Waals surface area (Å²) in [7, 11) is 1.71. The first-order chi connectivity index (χ1) is 11.0. The fourth-order valence-corrected chi connectivity index (χ4v) is 2.37. The van der Waals surface area contributed by atoms with Gasteiger partial charge in [-0.25, -0.2) is 0 Å². The van der Waals surface area contributed by atoms with Gasteiger partial charge >= 0.3 is 0 Å². The first-order valence-electron chi connectivity index (χ1n) is 7.24. The minimum atomic E-state index is -0.392. The minimum Gasteiger partial charge on any atom is -0.467 e. The fraction of sp³-hybridized carbons (Fsp3) is 0.294. The Balaban J connectivity index is 2.05. The molecule has 122 valence electrons. The van der Waals surface area contributed by atoms with Crippen LogP contribution in [0.25, 0.3) is 0 Å². The maximum atomic E-state index is 12.4. The molecule has 0 radical (unpaired) electrons. The number of amides is 2. The molecule has 2 amide bonds. The van der Waals surface area contributed by atoms with Crippen molar-refractivity contribution in [3.05, 3.63) is 59.0 Å². The van der Waals surface area contributed by atoms with E-state index in [1.54, 1.807) is 36.4 Å². The number of nitrogens with one attached hydrogen (secondary N) is 1. The van der Waals surface area contributed by atoms with Gasteiger partial charge in [-0.2, -0.15) is 0 Å². The minimum absolute atomic E-state index is 0.0879. The Bertz CT molecular complexity index is 653. The molecule has 0 saturated heterocycles. The molecular formula is C17H19ClN2O3. The molecule has 1 heterocycles. The predicted molar refractivity (Wildman–Crippen MR) is 87.8 cm³/mol. The predicted octanol–water partition coefficient (Wildman–Crippen LogP) is 3.16. The Kier molecular flexibility index (Phi) is 5.82. The molecular weight excluding hydrogens is 316 g/mol. The second-order valence-corrected chi connectivity index (χ2v) is 5.77. The Morgan fingerprint density at radius 2 is 1.96 bits per heavy atom. The zero-order valence-corrected chi connectivity index (χ0v) is 13.8. The van der Waals surface area contributed by atoms with Crippen LogP contribution >= 0.6 is 11.6 Å². The number of hydrogen-bond donors (Lipinski definition) is 1. The van der Waals surface area contributed by atoms with Crippen molar-refractivity contribution < 1.29 is 14.0 Å². The normalized spacial score (nSPS) is 11.8. The summed E-state index contributed by atoms with van der Waals surface area (Å²) in [6.45, 7) is 1.82.